The lowest BCUT2D eigenvalue weighted by molar-refractivity contribution is 0.583. The van der Waals surface area contributed by atoms with Gasteiger partial charge in [0.1, 0.15) is 5.41 Å². The van der Waals surface area contributed by atoms with Gasteiger partial charge in [0.05, 0.1) is 12.1 Å². The highest BCUT2D eigenvalue weighted by Gasteiger charge is 2.55. The molecule has 1 saturated carbocycles. The van der Waals surface area contributed by atoms with Gasteiger partial charge in [-0.2, -0.15) is 10.5 Å². The maximum absolute atomic E-state index is 8.75. The third-order valence-corrected chi connectivity index (χ3v) is 3.25. The van der Waals surface area contributed by atoms with Gasteiger partial charge >= 0.3 is 0 Å². The molecule has 1 aliphatic rings. The van der Waals surface area contributed by atoms with Crippen molar-refractivity contribution in [2.75, 3.05) is 5.33 Å². The van der Waals surface area contributed by atoms with Crippen LogP contribution in [0.2, 0.25) is 0 Å². The summed E-state index contributed by atoms with van der Waals surface area (Å²) in [4.78, 5) is 0. The predicted molar refractivity (Wildman–Crippen MR) is 54.0 cm³/mol. The Bertz CT molecular complexity index is 235. The molecule has 0 aromatic carbocycles. The Labute approximate surface area is 87.7 Å². The van der Waals surface area contributed by atoms with E-state index in [-0.39, 0.29) is 0 Å². The highest BCUT2D eigenvalue weighted by molar-refractivity contribution is 9.09. The molecule has 1 rings (SSSR count). The van der Waals surface area contributed by atoms with E-state index in [1.54, 1.807) is 0 Å². The molecule has 0 aliphatic heterocycles. The van der Waals surface area contributed by atoms with Crippen LogP contribution in [0.15, 0.2) is 0 Å². The van der Waals surface area contributed by atoms with Crippen molar-refractivity contribution in [2.45, 2.75) is 32.1 Å². The Kier molecular flexibility index (Phi) is 3.75. The van der Waals surface area contributed by atoms with Gasteiger partial charge in [-0.1, -0.05) is 28.8 Å². The van der Waals surface area contributed by atoms with Crippen LogP contribution in [-0.2, 0) is 0 Å². The third kappa shape index (κ3) is 2.45. The molecule has 0 heterocycles. The molecule has 0 saturated heterocycles. The van der Waals surface area contributed by atoms with Crippen molar-refractivity contribution in [2.24, 2.45) is 11.3 Å². The van der Waals surface area contributed by atoms with Gasteiger partial charge < -0.3 is 0 Å². The van der Waals surface area contributed by atoms with Crippen LogP contribution in [0.25, 0.3) is 0 Å². The van der Waals surface area contributed by atoms with Gasteiger partial charge in [-0.15, -0.1) is 0 Å². The van der Waals surface area contributed by atoms with Crippen LogP contribution in [0, 0.1) is 34.0 Å². The zero-order chi connectivity index (χ0) is 9.73. The molecule has 0 bridgehead atoms. The van der Waals surface area contributed by atoms with E-state index < -0.39 is 5.41 Å². The van der Waals surface area contributed by atoms with Crippen LogP contribution >= 0.6 is 15.9 Å². The molecule has 0 aromatic heterocycles. The van der Waals surface area contributed by atoms with Gasteiger partial charge in [0.15, 0.2) is 0 Å². The predicted octanol–water partition coefficient (Wildman–Crippen LogP) is 3.00. The normalized spacial score (nSPS) is 23.2. The lowest BCUT2D eigenvalue weighted by Crippen LogP contribution is -1.96. The summed E-state index contributed by atoms with van der Waals surface area (Å²) in [5, 5.41) is 18.6. The fourth-order valence-electron chi connectivity index (χ4n) is 1.64. The molecule has 0 spiro atoms. The van der Waals surface area contributed by atoms with Crippen LogP contribution < -0.4 is 0 Å². The SMILES string of the molecule is N#CC1(C#N)CC1CCCCCBr. The van der Waals surface area contributed by atoms with Crippen molar-refractivity contribution in [3.8, 4) is 12.1 Å². The first-order valence-corrected chi connectivity index (χ1v) is 5.79. The van der Waals surface area contributed by atoms with Crippen molar-refractivity contribution in [1.82, 2.24) is 0 Å². The average Bonchev–Trinajstić information content (AvgIpc) is 2.87. The molecule has 0 N–H and O–H groups in total. The maximum Gasteiger partial charge on any atom is 0.147 e. The van der Waals surface area contributed by atoms with Crippen molar-refractivity contribution >= 4 is 15.9 Å². The molecule has 1 aliphatic carbocycles. The van der Waals surface area contributed by atoms with E-state index in [9.17, 15) is 0 Å². The Balaban J connectivity index is 2.15. The van der Waals surface area contributed by atoms with Crippen LogP contribution in [0.3, 0.4) is 0 Å². The largest absolute Gasteiger partial charge is 0.197 e. The van der Waals surface area contributed by atoms with Gasteiger partial charge in [0.2, 0.25) is 0 Å². The van der Waals surface area contributed by atoms with Crippen molar-refractivity contribution < 1.29 is 0 Å². The second kappa shape index (κ2) is 4.63. The number of unbranched alkanes of at least 4 members (excludes halogenated alkanes) is 2. The fraction of sp³-hybridized carbons (Fsp3) is 0.800. The van der Waals surface area contributed by atoms with Gasteiger partial charge in [-0.05, 0) is 25.2 Å². The number of rotatable bonds is 5. The van der Waals surface area contributed by atoms with Crippen LogP contribution in [0.1, 0.15) is 32.1 Å². The van der Waals surface area contributed by atoms with Gasteiger partial charge in [0.25, 0.3) is 0 Å². The molecule has 1 unspecified atom stereocenters. The first-order valence-electron chi connectivity index (χ1n) is 4.67. The van der Waals surface area contributed by atoms with Gasteiger partial charge in [-0.25, -0.2) is 0 Å². The minimum absolute atomic E-state index is 0.359. The Morgan fingerprint density at radius 1 is 1.23 bits per heavy atom. The third-order valence-electron chi connectivity index (χ3n) is 2.69. The molecule has 70 valence electrons. The number of hydrogen-bond donors (Lipinski definition) is 0. The summed E-state index contributed by atoms with van der Waals surface area (Å²) in [6.07, 6.45) is 5.40. The zero-order valence-corrected chi connectivity index (χ0v) is 9.18. The quantitative estimate of drug-likeness (QED) is 0.548. The lowest BCUT2D eigenvalue weighted by atomic mass is 10.0. The Hall–Kier alpha value is -0.540. The lowest BCUT2D eigenvalue weighted by Gasteiger charge is -1.98. The Morgan fingerprint density at radius 2 is 1.92 bits per heavy atom. The number of nitrogens with zero attached hydrogens (tertiary/aromatic N) is 2. The summed E-state index contributed by atoms with van der Waals surface area (Å²) in [7, 11) is 0. The number of halogens is 1. The molecule has 0 radical (unpaired) electrons. The molecular formula is C10H13BrN2. The first-order chi connectivity index (χ1) is 6.29. The van der Waals surface area contributed by atoms with E-state index in [2.05, 4.69) is 28.1 Å². The molecule has 3 heteroatoms. The van der Waals surface area contributed by atoms with Crippen LogP contribution in [-0.4, -0.2) is 5.33 Å². The first kappa shape index (κ1) is 10.5. The summed E-state index contributed by atoms with van der Waals surface area (Å²) in [5.41, 5.74) is -0.603. The second-order valence-electron chi connectivity index (χ2n) is 3.63. The highest BCUT2D eigenvalue weighted by atomic mass is 79.9. The van der Waals surface area contributed by atoms with Gasteiger partial charge in [0, 0.05) is 5.33 Å². The maximum atomic E-state index is 8.75. The van der Waals surface area contributed by atoms with E-state index in [1.807, 2.05) is 0 Å². The van der Waals surface area contributed by atoms with Crippen LogP contribution in [0.4, 0.5) is 0 Å². The molecule has 2 nitrogen and oxygen atoms in total. The number of nitriles is 2. The minimum Gasteiger partial charge on any atom is -0.197 e. The number of alkyl halides is 1. The summed E-state index contributed by atoms with van der Waals surface area (Å²) in [6, 6.07) is 4.25. The summed E-state index contributed by atoms with van der Waals surface area (Å²) < 4.78 is 0. The summed E-state index contributed by atoms with van der Waals surface area (Å²) in [5.74, 6) is 0.359. The molecule has 1 fully saturated rings. The molecule has 13 heavy (non-hydrogen) atoms. The van der Waals surface area contributed by atoms with E-state index in [4.69, 9.17) is 10.5 Å². The topological polar surface area (TPSA) is 47.6 Å². The zero-order valence-electron chi connectivity index (χ0n) is 7.59. The number of hydrogen-bond acceptors (Lipinski definition) is 2. The molecular weight excluding hydrogens is 228 g/mol. The second-order valence-corrected chi connectivity index (χ2v) is 4.43. The van der Waals surface area contributed by atoms with Crippen molar-refractivity contribution in [3.63, 3.8) is 0 Å². The fourth-order valence-corrected chi connectivity index (χ4v) is 2.04. The standard InChI is InChI=1S/C10H13BrN2/c11-5-3-1-2-4-9-6-10(9,7-12)8-13/h9H,1-6H2. The average molecular weight is 241 g/mol. The van der Waals surface area contributed by atoms with Crippen LogP contribution in [0.5, 0.6) is 0 Å². The monoisotopic (exact) mass is 240 g/mol. The Morgan fingerprint density at radius 3 is 2.38 bits per heavy atom. The van der Waals surface area contributed by atoms with E-state index >= 15 is 0 Å². The van der Waals surface area contributed by atoms with E-state index in [1.165, 1.54) is 12.8 Å². The molecule has 1 atom stereocenters. The van der Waals surface area contributed by atoms with Gasteiger partial charge in [-0.3, -0.25) is 0 Å². The summed E-state index contributed by atoms with van der Waals surface area (Å²) >= 11 is 3.38. The summed E-state index contributed by atoms with van der Waals surface area (Å²) in [6.45, 7) is 0. The molecule has 0 amide bonds. The van der Waals surface area contributed by atoms with E-state index in [0.29, 0.717) is 5.92 Å². The molecule has 0 aromatic rings. The highest BCUT2D eigenvalue weighted by Crippen LogP contribution is 2.54. The van der Waals surface area contributed by atoms with Crippen molar-refractivity contribution in [3.05, 3.63) is 0 Å². The smallest absolute Gasteiger partial charge is 0.147 e. The minimum atomic E-state index is -0.603. The van der Waals surface area contributed by atoms with Crippen molar-refractivity contribution in [1.29, 1.82) is 10.5 Å². The van der Waals surface area contributed by atoms with E-state index in [0.717, 1.165) is 24.6 Å².